The highest BCUT2D eigenvalue weighted by Gasteiger charge is 2.34. The average Bonchev–Trinajstić information content (AvgIpc) is 3.23. The Morgan fingerprint density at radius 1 is 0.722 bits per heavy atom. The van der Waals surface area contributed by atoms with E-state index >= 15 is 0 Å². The number of anilines is 1. The van der Waals surface area contributed by atoms with Gasteiger partial charge in [-0.1, -0.05) is 91.0 Å². The van der Waals surface area contributed by atoms with Crippen LogP contribution in [0.3, 0.4) is 0 Å². The zero-order valence-corrected chi connectivity index (χ0v) is 30.1. The van der Waals surface area contributed by atoms with Gasteiger partial charge in [0, 0.05) is 75.6 Å². The first-order valence-corrected chi connectivity index (χ1v) is 18.4. The number of aliphatic hydroxyl groups excluding tert-OH is 1. The Balaban J connectivity index is 1.02. The van der Waals surface area contributed by atoms with Gasteiger partial charge in [-0.05, 0) is 57.6 Å². The number of amides is 2. The van der Waals surface area contributed by atoms with Gasteiger partial charge in [0.15, 0.2) is 6.29 Å². The van der Waals surface area contributed by atoms with E-state index in [9.17, 15) is 20.0 Å². The third-order valence-electron chi connectivity index (χ3n) is 10.0. The van der Waals surface area contributed by atoms with E-state index in [0.29, 0.717) is 19.5 Å². The van der Waals surface area contributed by atoms with Crippen LogP contribution in [0.2, 0.25) is 0 Å². The first-order valence-electron chi connectivity index (χ1n) is 18.4. The molecule has 0 unspecified atom stereocenters. The summed E-state index contributed by atoms with van der Waals surface area (Å²) >= 11 is 0. The summed E-state index contributed by atoms with van der Waals surface area (Å²) in [7, 11) is 0. The average molecular weight is 728 g/mol. The Kier molecular flexibility index (Phi) is 11.9. The summed E-state index contributed by atoms with van der Waals surface area (Å²) < 4.78 is 13.4. The molecular weight excluding hydrogens is 683 g/mol. The summed E-state index contributed by atoms with van der Waals surface area (Å²) in [5, 5.41) is 26.6. The van der Waals surface area contributed by atoms with Crippen molar-refractivity contribution in [3.63, 3.8) is 0 Å². The number of nitrogens with one attached hydrogen (secondary N) is 2. The SMILES string of the molecule is O=C(NCc1ccccc1)NCc1cccc(-c2cccc([C@@H]3O[C@H](CN4CCN(c5ccc([N+](=O)[O-])cc5)CC4)C[C@H](c4ccc(CO)cc4)O3)c2)c1. The fourth-order valence-corrected chi connectivity index (χ4v) is 7.04. The van der Waals surface area contributed by atoms with E-state index in [2.05, 4.69) is 44.7 Å². The molecule has 0 aliphatic carbocycles. The molecule has 3 atom stereocenters. The van der Waals surface area contributed by atoms with Crippen LogP contribution in [0.25, 0.3) is 11.1 Å². The van der Waals surface area contributed by atoms with Crippen LogP contribution < -0.4 is 15.5 Å². The van der Waals surface area contributed by atoms with Crippen molar-refractivity contribution in [3.8, 4) is 11.1 Å². The van der Waals surface area contributed by atoms with Gasteiger partial charge in [0.25, 0.3) is 5.69 Å². The van der Waals surface area contributed by atoms with Crippen LogP contribution in [0.15, 0.2) is 127 Å². The molecule has 2 saturated heterocycles. The van der Waals surface area contributed by atoms with E-state index in [-0.39, 0.29) is 35.5 Å². The molecule has 11 heteroatoms. The van der Waals surface area contributed by atoms with Gasteiger partial charge in [-0.3, -0.25) is 15.0 Å². The number of hydrogen-bond donors (Lipinski definition) is 3. The number of benzene rings is 5. The van der Waals surface area contributed by atoms with Gasteiger partial charge >= 0.3 is 6.03 Å². The maximum absolute atomic E-state index is 12.5. The summed E-state index contributed by atoms with van der Waals surface area (Å²) in [6.45, 7) is 4.88. The highest BCUT2D eigenvalue weighted by Crippen LogP contribution is 2.39. The Bertz CT molecular complexity index is 2000. The Hall–Kier alpha value is -5.59. The van der Waals surface area contributed by atoms with E-state index in [1.165, 1.54) is 0 Å². The van der Waals surface area contributed by atoms with Crippen LogP contribution in [0.1, 0.15) is 46.6 Å². The van der Waals surface area contributed by atoms with Crippen LogP contribution in [-0.4, -0.2) is 59.8 Å². The zero-order valence-electron chi connectivity index (χ0n) is 30.1. The highest BCUT2D eigenvalue weighted by molar-refractivity contribution is 5.74. The molecule has 2 aliphatic heterocycles. The summed E-state index contributed by atoms with van der Waals surface area (Å²) in [6, 6.07) is 40.6. The van der Waals surface area contributed by atoms with E-state index < -0.39 is 6.29 Å². The molecule has 5 aromatic carbocycles. The smallest absolute Gasteiger partial charge is 0.315 e. The number of carbonyl (C=O) groups excluding carboxylic acids is 1. The molecule has 3 N–H and O–H groups in total. The maximum atomic E-state index is 12.5. The van der Waals surface area contributed by atoms with Crippen molar-refractivity contribution in [1.29, 1.82) is 0 Å². The van der Waals surface area contributed by atoms with Crippen molar-refractivity contribution in [2.24, 2.45) is 0 Å². The van der Waals surface area contributed by atoms with Crippen molar-refractivity contribution in [2.45, 2.75) is 44.6 Å². The third kappa shape index (κ3) is 9.49. The zero-order chi connectivity index (χ0) is 37.3. The summed E-state index contributed by atoms with van der Waals surface area (Å²) in [4.78, 5) is 27.9. The molecule has 5 aromatic rings. The lowest BCUT2D eigenvalue weighted by Gasteiger charge is -2.41. The summed E-state index contributed by atoms with van der Waals surface area (Å²) in [6.07, 6.45) is -0.200. The standard InChI is InChI=1S/C43H45N5O6/c49-30-32-12-14-34(15-13-32)41-26-40(29-46-20-22-47(23-21-46)38-16-18-39(19-17-38)48(51)52)53-42(54-41)37-11-5-10-36(25-37)35-9-4-8-33(24-35)28-45-43(50)44-27-31-6-2-1-3-7-31/h1-19,24-25,40-42,49H,20-23,26-30H2,(H2,44,45,50)/t40-,41+,42+/m0/s1. The predicted molar refractivity (Wildman–Crippen MR) is 208 cm³/mol. The second kappa shape index (κ2) is 17.5. The van der Waals surface area contributed by atoms with E-state index in [0.717, 1.165) is 77.4 Å². The van der Waals surface area contributed by atoms with Crippen molar-refractivity contribution >= 4 is 17.4 Å². The lowest BCUT2D eigenvalue weighted by atomic mass is 9.98. The van der Waals surface area contributed by atoms with Gasteiger partial charge in [0.2, 0.25) is 0 Å². The number of nitro groups is 1. The second-order valence-electron chi connectivity index (χ2n) is 13.8. The van der Waals surface area contributed by atoms with E-state index in [1.807, 2.05) is 91.0 Å². The lowest BCUT2D eigenvalue weighted by Crippen LogP contribution is -2.49. The van der Waals surface area contributed by atoms with Crippen molar-refractivity contribution in [2.75, 3.05) is 37.6 Å². The van der Waals surface area contributed by atoms with Gasteiger partial charge in [-0.2, -0.15) is 0 Å². The van der Waals surface area contributed by atoms with Crippen molar-refractivity contribution < 1.29 is 24.3 Å². The molecule has 0 aromatic heterocycles. The molecule has 0 spiro atoms. The van der Waals surface area contributed by atoms with E-state index in [4.69, 9.17) is 9.47 Å². The number of rotatable bonds is 12. The predicted octanol–water partition coefficient (Wildman–Crippen LogP) is 7.12. The molecular formula is C43H45N5O6. The molecule has 11 nitrogen and oxygen atoms in total. The molecule has 54 heavy (non-hydrogen) atoms. The molecule has 278 valence electrons. The first kappa shape index (κ1) is 36.8. The largest absolute Gasteiger partial charge is 0.392 e. The van der Waals surface area contributed by atoms with Crippen molar-refractivity contribution in [1.82, 2.24) is 15.5 Å². The molecule has 0 saturated carbocycles. The van der Waals surface area contributed by atoms with Crippen LogP contribution in [-0.2, 0) is 29.2 Å². The number of nitrogens with zero attached hydrogens (tertiary/aromatic N) is 3. The molecule has 0 radical (unpaired) electrons. The Labute approximate surface area is 315 Å². The quantitative estimate of drug-likeness (QED) is 0.0916. The van der Waals surface area contributed by atoms with Crippen LogP contribution in [0.5, 0.6) is 0 Å². The maximum Gasteiger partial charge on any atom is 0.315 e. The van der Waals surface area contributed by atoms with Crippen LogP contribution in [0, 0.1) is 10.1 Å². The lowest BCUT2D eigenvalue weighted by molar-refractivity contribution is -0.384. The fraction of sp³-hybridized carbons (Fsp3) is 0.279. The molecule has 2 fully saturated rings. The number of ether oxygens (including phenoxy) is 2. The molecule has 2 aliphatic rings. The molecule has 0 bridgehead atoms. The summed E-state index contributed by atoms with van der Waals surface area (Å²) in [5.74, 6) is 0. The number of aliphatic hydroxyl groups is 1. The van der Waals surface area contributed by atoms with Crippen LogP contribution in [0.4, 0.5) is 16.2 Å². The normalized spacial score (nSPS) is 18.9. The second-order valence-corrected chi connectivity index (χ2v) is 13.8. The monoisotopic (exact) mass is 727 g/mol. The van der Waals surface area contributed by atoms with E-state index in [1.54, 1.807) is 12.1 Å². The third-order valence-corrected chi connectivity index (χ3v) is 10.0. The minimum absolute atomic E-state index is 0.0163. The molecule has 2 amide bonds. The van der Waals surface area contributed by atoms with Gasteiger partial charge in [0.05, 0.1) is 23.7 Å². The number of piperazine rings is 1. The minimum atomic E-state index is -0.592. The molecule has 7 rings (SSSR count). The highest BCUT2D eigenvalue weighted by atomic mass is 16.7. The van der Waals surface area contributed by atoms with Crippen molar-refractivity contribution in [3.05, 3.63) is 165 Å². The first-order chi connectivity index (χ1) is 26.4. The number of urea groups is 1. The Morgan fingerprint density at radius 2 is 1.39 bits per heavy atom. The number of hydrogen-bond acceptors (Lipinski definition) is 8. The van der Waals surface area contributed by atoms with Gasteiger partial charge < -0.3 is 30.1 Å². The van der Waals surface area contributed by atoms with Gasteiger partial charge in [-0.25, -0.2) is 4.79 Å². The molecule has 2 heterocycles. The topological polar surface area (TPSA) is 129 Å². The minimum Gasteiger partial charge on any atom is -0.392 e. The number of nitro benzene ring substituents is 1. The Morgan fingerprint density at radius 3 is 2.09 bits per heavy atom. The number of non-ortho nitro benzene ring substituents is 1. The summed E-state index contributed by atoms with van der Waals surface area (Å²) in [5.41, 5.74) is 7.95. The van der Waals surface area contributed by atoms with Gasteiger partial charge in [-0.15, -0.1) is 0 Å². The number of carbonyl (C=O) groups is 1. The fourth-order valence-electron chi connectivity index (χ4n) is 7.04. The van der Waals surface area contributed by atoms with Crippen LogP contribution >= 0.6 is 0 Å². The van der Waals surface area contributed by atoms with Gasteiger partial charge in [0.1, 0.15) is 0 Å².